The first-order valence-electron chi connectivity index (χ1n) is 8.15. The Hall–Kier alpha value is -1.87. The minimum Gasteiger partial charge on any atom is -0.356 e. The smallest absolute Gasteiger partial charge is 0.343 e. The van der Waals surface area contributed by atoms with E-state index < -0.39 is 0 Å². The van der Waals surface area contributed by atoms with Gasteiger partial charge in [-0.15, -0.1) is 16.4 Å². The van der Waals surface area contributed by atoms with Gasteiger partial charge in [0.05, 0.1) is 10.6 Å². The van der Waals surface area contributed by atoms with Gasteiger partial charge in [0.15, 0.2) is 10.9 Å². The summed E-state index contributed by atoms with van der Waals surface area (Å²) < 4.78 is 1.58. The Labute approximate surface area is 154 Å². The van der Waals surface area contributed by atoms with E-state index in [1.165, 1.54) is 30.0 Å². The molecule has 0 aromatic carbocycles. The molecule has 0 spiro atoms. The molecule has 136 valence electrons. The minimum atomic E-state index is -0.236. The number of rotatable bonds is 10. The number of aromatic nitrogens is 3. The highest BCUT2D eigenvalue weighted by Gasteiger charge is 2.14. The number of hydrogen-bond donors (Lipinski definition) is 2. The van der Waals surface area contributed by atoms with Gasteiger partial charge in [-0.2, -0.15) is 0 Å². The molecule has 2 heterocycles. The number of nitrogens with one attached hydrogen (secondary N) is 2. The molecule has 2 aromatic heterocycles. The molecule has 0 saturated heterocycles. The zero-order valence-electron chi connectivity index (χ0n) is 14.3. The van der Waals surface area contributed by atoms with E-state index in [1.807, 2.05) is 12.1 Å². The van der Waals surface area contributed by atoms with Crippen molar-refractivity contribution in [3.63, 3.8) is 0 Å². The van der Waals surface area contributed by atoms with Crippen LogP contribution in [0.2, 0.25) is 0 Å². The lowest BCUT2D eigenvalue weighted by Gasteiger charge is -2.03. The number of thiophene rings is 1. The quantitative estimate of drug-likeness (QED) is 0.484. The molecule has 2 aromatic rings. The van der Waals surface area contributed by atoms with Gasteiger partial charge in [-0.3, -0.25) is 14.2 Å². The van der Waals surface area contributed by atoms with Crippen molar-refractivity contribution in [2.24, 2.45) is 0 Å². The van der Waals surface area contributed by atoms with Crippen molar-refractivity contribution in [3.8, 4) is 0 Å². The summed E-state index contributed by atoms with van der Waals surface area (Å²) in [4.78, 5) is 36.7. The average molecular weight is 383 g/mol. The van der Waals surface area contributed by atoms with Crippen LogP contribution in [0.5, 0.6) is 0 Å². The van der Waals surface area contributed by atoms with Crippen LogP contribution in [0.15, 0.2) is 22.1 Å². The van der Waals surface area contributed by atoms with Gasteiger partial charge in [0.2, 0.25) is 5.91 Å². The van der Waals surface area contributed by atoms with Gasteiger partial charge in [0.25, 0.3) is 0 Å². The van der Waals surface area contributed by atoms with Crippen LogP contribution in [0.1, 0.15) is 41.2 Å². The lowest BCUT2D eigenvalue weighted by atomic mass is 10.3. The normalized spacial score (nSPS) is 10.8. The van der Waals surface area contributed by atoms with E-state index in [0.717, 1.165) is 17.7 Å². The number of hydrogen-bond acceptors (Lipinski definition) is 6. The summed E-state index contributed by atoms with van der Waals surface area (Å²) in [5.74, 6) is 0.192. The van der Waals surface area contributed by atoms with Crippen LogP contribution >= 0.6 is 23.1 Å². The molecule has 0 bridgehead atoms. The second-order valence-electron chi connectivity index (χ2n) is 5.53. The first-order valence-corrected chi connectivity index (χ1v) is 9.95. The Bertz CT molecular complexity index is 778. The predicted molar refractivity (Wildman–Crippen MR) is 99.5 cm³/mol. The van der Waals surface area contributed by atoms with Crippen molar-refractivity contribution in [2.75, 3.05) is 12.3 Å². The maximum Gasteiger partial charge on any atom is 0.343 e. The standard InChI is InChI=1S/C16H22N4O3S2/c1-3-4-9-20-15(23)18-19-16(20)24-10-13(22)14-6-5-12(25-14)7-8-17-11(2)21/h5-6H,3-4,7-10H2,1-2H3,(H,17,21)(H,18,23). The van der Waals surface area contributed by atoms with Crippen molar-refractivity contribution in [1.29, 1.82) is 0 Å². The first-order chi connectivity index (χ1) is 12.0. The van der Waals surface area contributed by atoms with Crippen molar-refractivity contribution in [1.82, 2.24) is 20.1 Å². The molecule has 0 fully saturated rings. The fourth-order valence-electron chi connectivity index (χ4n) is 2.15. The van der Waals surface area contributed by atoms with E-state index in [4.69, 9.17) is 0 Å². The van der Waals surface area contributed by atoms with Gasteiger partial charge < -0.3 is 5.32 Å². The predicted octanol–water partition coefficient (Wildman–Crippen LogP) is 2.09. The molecule has 0 atom stereocenters. The first kappa shape index (κ1) is 19.5. The molecule has 0 aliphatic heterocycles. The highest BCUT2D eigenvalue weighted by Crippen LogP contribution is 2.21. The van der Waals surface area contributed by atoms with Crippen molar-refractivity contribution >= 4 is 34.8 Å². The van der Waals surface area contributed by atoms with Gasteiger partial charge in [-0.05, 0) is 25.0 Å². The summed E-state index contributed by atoms with van der Waals surface area (Å²) >= 11 is 2.71. The number of carbonyl (C=O) groups is 2. The number of unbranched alkanes of at least 4 members (excludes halogenated alkanes) is 1. The number of Topliss-reactive ketones (excluding diaryl/α,β-unsaturated/α-hetero) is 1. The molecule has 1 amide bonds. The van der Waals surface area contributed by atoms with E-state index in [1.54, 1.807) is 4.57 Å². The molecule has 7 nitrogen and oxygen atoms in total. The Morgan fingerprint density at radius 2 is 2.20 bits per heavy atom. The molecule has 0 radical (unpaired) electrons. The Morgan fingerprint density at radius 3 is 2.92 bits per heavy atom. The largest absolute Gasteiger partial charge is 0.356 e. The number of amides is 1. The molecule has 2 rings (SSSR count). The van der Waals surface area contributed by atoms with Crippen molar-refractivity contribution in [2.45, 2.75) is 44.8 Å². The van der Waals surface area contributed by atoms with E-state index in [2.05, 4.69) is 22.4 Å². The molecule has 0 unspecified atom stereocenters. The maximum atomic E-state index is 12.3. The van der Waals surface area contributed by atoms with Gasteiger partial charge in [-0.25, -0.2) is 9.89 Å². The number of thioether (sulfide) groups is 1. The summed E-state index contributed by atoms with van der Waals surface area (Å²) in [6.45, 7) is 4.71. The number of ketones is 1. The molecule has 2 N–H and O–H groups in total. The summed E-state index contributed by atoms with van der Waals surface area (Å²) in [7, 11) is 0. The third-order valence-electron chi connectivity index (χ3n) is 3.47. The van der Waals surface area contributed by atoms with Crippen LogP contribution in [-0.4, -0.2) is 38.8 Å². The average Bonchev–Trinajstić information content (AvgIpc) is 3.17. The third-order valence-corrected chi connectivity index (χ3v) is 5.64. The van der Waals surface area contributed by atoms with Gasteiger partial charge in [-0.1, -0.05) is 25.1 Å². The summed E-state index contributed by atoms with van der Waals surface area (Å²) in [5, 5.41) is 9.72. The van der Waals surface area contributed by atoms with Crippen LogP contribution in [0.4, 0.5) is 0 Å². The minimum absolute atomic E-state index is 0.0123. The van der Waals surface area contributed by atoms with Gasteiger partial charge in [0, 0.05) is 24.9 Å². The Kier molecular flexibility index (Phi) is 7.45. The molecule has 25 heavy (non-hydrogen) atoms. The number of aromatic amines is 1. The van der Waals surface area contributed by atoms with E-state index in [0.29, 0.717) is 29.5 Å². The molecular weight excluding hydrogens is 360 g/mol. The third kappa shape index (κ3) is 5.86. The van der Waals surface area contributed by atoms with Gasteiger partial charge in [0.1, 0.15) is 0 Å². The van der Waals surface area contributed by atoms with Crippen LogP contribution in [0.3, 0.4) is 0 Å². The van der Waals surface area contributed by atoms with Crippen molar-refractivity contribution in [3.05, 3.63) is 32.4 Å². The highest BCUT2D eigenvalue weighted by atomic mass is 32.2. The zero-order valence-corrected chi connectivity index (χ0v) is 16.0. The topological polar surface area (TPSA) is 96.8 Å². The Morgan fingerprint density at radius 1 is 1.40 bits per heavy atom. The maximum absolute atomic E-state index is 12.3. The second-order valence-corrected chi connectivity index (χ2v) is 7.64. The SMILES string of the molecule is CCCCn1c(SCC(=O)c2ccc(CCNC(C)=O)s2)n[nH]c1=O. The molecule has 9 heteroatoms. The van der Waals surface area contributed by atoms with Crippen LogP contribution in [0, 0.1) is 0 Å². The molecule has 0 aliphatic carbocycles. The van der Waals surface area contributed by atoms with Crippen molar-refractivity contribution < 1.29 is 9.59 Å². The lowest BCUT2D eigenvalue weighted by Crippen LogP contribution is -2.22. The lowest BCUT2D eigenvalue weighted by molar-refractivity contribution is -0.118. The molecule has 0 aliphatic rings. The van der Waals surface area contributed by atoms with Crippen LogP contribution in [-0.2, 0) is 17.8 Å². The van der Waals surface area contributed by atoms with E-state index in [-0.39, 0.29) is 23.1 Å². The number of H-pyrrole nitrogens is 1. The monoisotopic (exact) mass is 382 g/mol. The zero-order chi connectivity index (χ0) is 18.2. The van der Waals surface area contributed by atoms with E-state index in [9.17, 15) is 14.4 Å². The second kappa shape index (κ2) is 9.57. The van der Waals surface area contributed by atoms with Crippen LogP contribution in [0.25, 0.3) is 0 Å². The number of nitrogens with zero attached hydrogens (tertiary/aromatic N) is 2. The fraction of sp³-hybridized carbons (Fsp3) is 0.500. The highest BCUT2D eigenvalue weighted by molar-refractivity contribution is 7.99. The summed E-state index contributed by atoms with van der Waals surface area (Å²) in [6.07, 6.45) is 2.58. The fourth-order valence-corrected chi connectivity index (χ4v) is 4.04. The molecular formula is C16H22N4O3S2. The summed E-state index contributed by atoms with van der Waals surface area (Å²) in [6, 6.07) is 3.72. The Balaban J connectivity index is 1.89. The van der Waals surface area contributed by atoms with E-state index >= 15 is 0 Å². The van der Waals surface area contributed by atoms with Crippen LogP contribution < -0.4 is 11.0 Å². The summed E-state index contributed by atoms with van der Waals surface area (Å²) in [5.41, 5.74) is -0.236. The number of carbonyl (C=O) groups excluding carboxylic acids is 2. The van der Waals surface area contributed by atoms with Gasteiger partial charge >= 0.3 is 5.69 Å². The molecule has 0 saturated carbocycles.